The number of benzene rings is 1. The highest BCUT2D eigenvalue weighted by Crippen LogP contribution is 2.28. The molecule has 2 rings (SSSR count). The molecule has 0 saturated heterocycles. The molecule has 0 aliphatic carbocycles. The molecule has 0 radical (unpaired) electrons. The average molecular weight is 224 g/mol. The first-order valence-corrected chi connectivity index (χ1v) is 5.21. The molecule has 0 unspecified atom stereocenters. The van der Waals surface area contributed by atoms with Crippen LogP contribution in [0.5, 0.6) is 0 Å². The third-order valence-electron chi connectivity index (χ3n) is 2.48. The third kappa shape index (κ3) is 1.70. The average Bonchev–Trinajstić information content (AvgIpc) is 2.19. The zero-order valence-corrected chi connectivity index (χ0v) is 9.35. The van der Waals surface area contributed by atoms with Crippen molar-refractivity contribution in [1.29, 1.82) is 0 Å². The molecule has 0 spiro atoms. The van der Waals surface area contributed by atoms with Gasteiger partial charge in [0.15, 0.2) is 0 Å². The van der Waals surface area contributed by atoms with E-state index in [0.717, 1.165) is 0 Å². The minimum Gasteiger partial charge on any atom is -0.244 e. The monoisotopic (exact) mass is 223 g/mol. The number of pyridine rings is 1. The van der Waals surface area contributed by atoms with Gasteiger partial charge in [0.1, 0.15) is 11.0 Å². The molecule has 0 amide bonds. The standard InChI is InChI=1S/C12H11ClFN/c1-7(2)8-3-4-10-9(11(8)14)5-6-15-12(10)13/h3-7H,1-2H3. The van der Waals surface area contributed by atoms with Crippen LogP contribution in [-0.4, -0.2) is 4.98 Å². The van der Waals surface area contributed by atoms with Crippen molar-refractivity contribution in [3.05, 3.63) is 40.9 Å². The van der Waals surface area contributed by atoms with Crippen LogP contribution in [-0.2, 0) is 0 Å². The summed E-state index contributed by atoms with van der Waals surface area (Å²) in [6.45, 7) is 3.93. The first kappa shape index (κ1) is 10.4. The van der Waals surface area contributed by atoms with Gasteiger partial charge in [-0.25, -0.2) is 9.37 Å². The van der Waals surface area contributed by atoms with Crippen molar-refractivity contribution < 1.29 is 4.39 Å². The SMILES string of the molecule is CC(C)c1ccc2c(Cl)nccc2c1F. The lowest BCUT2D eigenvalue weighted by Gasteiger charge is -2.09. The maximum atomic E-state index is 14.0. The molecule has 1 nitrogen and oxygen atoms in total. The second-order valence-corrected chi connectivity index (χ2v) is 4.18. The molecule has 0 aliphatic heterocycles. The van der Waals surface area contributed by atoms with Gasteiger partial charge in [-0.2, -0.15) is 0 Å². The zero-order chi connectivity index (χ0) is 11.0. The molecule has 0 atom stereocenters. The number of hydrogen-bond donors (Lipinski definition) is 0. The van der Waals surface area contributed by atoms with E-state index in [4.69, 9.17) is 11.6 Å². The van der Waals surface area contributed by atoms with Crippen LogP contribution in [0.25, 0.3) is 10.8 Å². The maximum Gasteiger partial charge on any atom is 0.136 e. The first-order chi connectivity index (χ1) is 7.11. The fourth-order valence-electron chi connectivity index (χ4n) is 1.65. The van der Waals surface area contributed by atoms with Crippen LogP contribution < -0.4 is 0 Å². The summed E-state index contributed by atoms with van der Waals surface area (Å²) in [5, 5.41) is 1.56. The lowest BCUT2D eigenvalue weighted by atomic mass is 9.99. The molecule has 1 heterocycles. The Kier molecular flexibility index (Phi) is 2.61. The molecule has 3 heteroatoms. The number of halogens is 2. The third-order valence-corrected chi connectivity index (χ3v) is 2.78. The number of aromatic nitrogens is 1. The summed E-state index contributed by atoms with van der Waals surface area (Å²) >= 11 is 5.88. The van der Waals surface area contributed by atoms with E-state index < -0.39 is 0 Å². The Balaban J connectivity index is 2.80. The van der Waals surface area contributed by atoms with Gasteiger partial charge in [-0.3, -0.25) is 0 Å². The van der Waals surface area contributed by atoms with Crippen LogP contribution in [0.2, 0.25) is 5.15 Å². The number of nitrogens with zero attached hydrogens (tertiary/aromatic N) is 1. The zero-order valence-electron chi connectivity index (χ0n) is 8.59. The van der Waals surface area contributed by atoms with Crippen LogP contribution in [0.15, 0.2) is 24.4 Å². The van der Waals surface area contributed by atoms with Crippen LogP contribution in [0.1, 0.15) is 25.3 Å². The van der Waals surface area contributed by atoms with E-state index in [1.54, 1.807) is 12.1 Å². The fraction of sp³-hybridized carbons (Fsp3) is 0.250. The smallest absolute Gasteiger partial charge is 0.136 e. The molecule has 0 bridgehead atoms. The number of fused-ring (bicyclic) bond motifs is 1. The summed E-state index contributed by atoms with van der Waals surface area (Å²) < 4.78 is 14.0. The van der Waals surface area contributed by atoms with Gasteiger partial charge in [0.25, 0.3) is 0 Å². The minimum absolute atomic E-state index is 0.168. The van der Waals surface area contributed by atoms with Gasteiger partial charge < -0.3 is 0 Å². The van der Waals surface area contributed by atoms with Crippen LogP contribution in [0.4, 0.5) is 4.39 Å². The summed E-state index contributed by atoms with van der Waals surface area (Å²) in [6, 6.07) is 5.25. The Labute approximate surface area is 92.9 Å². The van der Waals surface area contributed by atoms with Gasteiger partial charge in [-0.05, 0) is 17.5 Å². The minimum atomic E-state index is -0.188. The highest BCUT2D eigenvalue weighted by atomic mass is 35.5. The van der Waals surface area contributed by atoms with E-state index in [-0.39, 0.29) is 11.7 Å². The molecule has 0 fully saturated rings. The van der Waals surface area contributed by atoms with Gasteiger partial charge in [-0.15, -0.1) is 0 Å². The highest BCUT2D eigenvalue weighted by Gasteiger charge is 2.11. The molecule has 0 N–H and O–H groups in total. The fourth-order valence-corrected chi connectivity index (χ4v) is 1.87. The van der Waals surface area contributed by atoms with Gasteiger partial charge in [-0.1, -0.05) is 37.6 Å². The van der Waals surface area contributed by atoms with Crippen molar-refractivity contribution in [2.45, 2.75) is 19.8 Å². The van der Waals surface area contributed by atoms with E-state index in [1.807, 2.05) is 19.9 Å². The summed E-state index contributed by atoms with van der Waals surface area (Å²) in [5.74, 6) is -0.0202. The highest BCUT2D eigenvalue weighted by molar-refractivity contribution is 6.34. The lowest BCUT2D eigenvalue weighted by molar-refractivity contribution is 0.610. The molecule has 78 valence electrons. The molecular weight excluding hydrogens is 213 g/mol. The van der Waals surface area contributed by atoms with Gasteiger partial charge in [0, 0.05) is 17.0 Å². The molecule has 2 aromatic rings. The Bertz CT molecular complexity index is 508. The van der Waals surface area contributed by atoms with Crippen molar-refractivity contribution in [3.8, 4) is 0 Å². The van der Waals surface area contributed by atoms with Crippen molar-refractivity contribution >= 4 is 22.4 Å². The van der Waals surface area contributed by atoms with E-state index in [0.29, 0.717) is 21.5 Å². The predicted octanol–water partition coefficient (Wildman–Crippen LogP) is 4.15. The van der Waals surface area contributed by atoms with Gasteiger partial charge in [0.2, 0.25) is 0 Å². The van der Waals surface area contributed by atoms with Gasteiger partial charge in [0.05, 0.1) is 0 Å². The van der Waals surface area contributed by atoms with Crippen molar-refractivity contribution in [1.82, 2.24) is 4.98 Å². The summed E-state index contributed by atoms with van der Waals surface area (Å²) in [7, 11) is 0. The quantitative estimate of drug-likeness (QED) is 0.662. The number of hydrogen-bond acceptors (Lipinski definition) is 1. The van der Waals surface area contributed by atoms with Crippen LogP contribution in [0.3, 0.4) is 0 Å². The maximum absolute atomic E-state index is 14.0. The molecule has 0 saturated carbocycles. The second kappa shape index (κ2) is 3.78. The first-order valence-electron chi connectivity index (χ1n) is 4.84. The molecule has 15 heavy (non-hydrogen) atoms. The predicted molar refractivity (Wildman–Crippen MR) is 60.8 cm³/mol. The van der Waals surface area contributed by atoms with E-state index in [9.17, 15) is 4.39 Å². The van der Waals surface area contributed by atoms with Gasteiger partial charge >= 0.3 is 0 Å². The molecule has 1 aromatic heterocycles. The summed E-state index contributed by atoms with van der Waals surface area (Å²) in [6.07, 6.45) is 1.53. The van der Waals surface area contributed by atoms with E-state index in [1.165, 1.54) is 6.20 Å². The van der Waals surface area contributed by atoms with Crippen molar-refractivity contribution in [3.63, 3.8) is 0 Å². The van der Waals surface area contributed by atoms with Crippen LogP contribution in [0, 0.1) is 5.82 Å². The largest absolute Gasteiger partial charge is 0.244 e. The Morgan fingerprint density at radius 1 is 1.20 bits per heavy atom. The Morgan fingerprint density at radius 2 is 1.93 bits per heavy atom. The summed E-state index contributed by atoms with van der Waals surface area (Å²) in [5.41, 5.74) is 0.713. The lowest BCUT2D eigenvalue weighted by Crippen LogP contribution is -1.94. The topological polar surface area (TPSA) is 12.9 Å². The Hall–Kier alpha value is -1.15. The second-order valence-electron chi connectivity index (χ2n) is 3.82. The molecule has 1 aromatic carbocycles. The van der Waals surface area contributed by atoms with Crippen molar-refractivity contribution in [2.75, 3.05) is 0 Å². The van der Waals surface area contributed by atoms with Crippen LogP contribution >= 0.6 is 11.6 Å². The van der Waals surface area contributed by atoms with Crippen molar-refractivity contribution in [2.24, 2.45) is 0 Å². The summed E-state index contributed by atoms with van der Waals surface area (Å²) in [4.78, 5) is 3.92. The van der Waals surface area contributed by atoms with E-state index >= 15 is 0 Å². The molecule has 0 aliphatic rings. The normalized spacial score (nSPS) is 11.3. The van der Waals surface area contributed by atoms with E-state index in [2.05, 4.69) is 4.98 Å². The molecular formula is C12H11ClFN. The Morgan fingerprint density at radius 3 is 2.60 bits per heavy atom. The number of rotatable bonds is 1.